The van der Waals surface area contributed by atoms with Gasteiger partial charge in [0.2, 0.25) is 0 Å². The molecule has 2 saturated heterocycles. The van der Waals surface area contributed by atoms with Crippen molar-refractivity contribution in [1.29, 1.82) is 0 Å². The molecule has 1 aromatic carbocycles. The first-order valence-electron chi connectivity index (χ1n) is 6.12. The van der Waals surface area contributed by atoms with Crippen molar-refractivity contribution in [1.82, 2.24) is 10.2 Å². The molecule has 0 saturated carbocycles. The summed E-state index contributed by atoms with van der Waals surface area (Å²) in [4.78, 5) is 12.6. The molecule has 0 radical (unpaired) electrons. The van der Waals surface area contributed by atoms with E-state index in [1.807, 2.05) is 35.2 Å². The summed E-state index contributed by atoms with van der Waals surface area (Å²) in [5.41, 5.74) is 0.729. The molecule has 3 rings (SSSR count). The molecule has 0 bridgehead atoms. The number of hydrogen-bond acceptors (Lipinski definition) is 5. The van der Waals surface area contributed by atoms with Gasteiger partial charge < -0.3 is 19.8 Å². The Bertz CT molecular complexity index is 427. The van der Waals surface area contributed by atoms with Crippen molar-refractivity contribution in [3.05, 3.63) is 30.3 Å². The van der Waals surface area contributed by atoms with Crippen LogP contribution in [0.4, 0.5) is 0 Å². The Morgan fingerprint density at radius 1 is 1.50 bits per heavy atom. The van der Waals surface area contributed by atoms with Gasteiger partial charge in [0.05, 0.1) is 12.1 Å². The fraction of sp³-hybridized carbons (Fsp3) is 0.417. The van der Waals surface area contributed by atoms with Gasteiger partial charge in [-0.15, -0.1) is 0 Å². The van der Waals surface area contributed by atoms with Gasteiger partial charge in [-0.05, 0) is 5.46 Å². The lowest BCUT2D eigenvalue weighted by Crippen LogP contribution is -2.43. The van der Waals surface area contributed by atoms with Gasteiger partial charge in [0.1, 0.15) is 12.5 Å². The first kappa shape index (κ1) is 11.9. The topological polar surface area (TPSA) is 71.5 Å². The first-order valence-corrected chi connectivity index (χ1v) is 6.12. The Morgan fingerprint density at radius 3 is 2.78 bits per heavy atom. The van der Waals surface area contributed by atoms with E-state index in [1.54, 1.807) is 0 Å². The summed E-state index contributed by atoms with van der Waals surface area (Å²) in [7, 11) is -0.952. The fourth-order valence-corrected chi connectivity index (χ4v) is 2.08. The molecule has 4 atom stereocenters. The quantitative estimate of drug-likeness (QED) is 0.366. The third-order valence-corrected chi connectivity index (χ3v) is 3.31. The van der Waals surface area contributed by atoms with E-state index in [2.05, 4.69) is 5.32 Å². The monoisotopic (exact) mass is 246 g/mol. The van der Waals surface area contributed by atoms with Gasteiger partial charge >= 0.3 is 7.12 Å². The van der Waals surface area contributed by atoms with Crippen LogP contribution < -0.4 is 10.8 Å². The second kappa shape index (κ2) is 4.82. The smallest absolute Gasteiger partial charge is 0.423 e. The molecule has 0 aliphatic carbocycles. The maximum Gasteiger partial charge on any atom is 0.492 e. The van der Waals surface area contributed by atoms with Crippen molar-refractivity contribution in [2.24, 2.45) is 0 Å². The second-order valence-corrected chi connectivity index (χ2v) is 4.70. The summed E-state index contributed by atoms with van der Waals surface area (Å²) >= 11 is 0. The maximum absolute atomic E-state index is 10.7. The van der Waals surface area contributed by atoms with Crippen LogP contribution in [-0.4, -0.2) is 54.7 Å². The molecule has 2 fully saturated rings. The van der Waals surface area contributed by atoms with Gasteiger partial charge in [-0.1, -0.05) is 30.3 Å². The molecule has 0 amide bonds. The van der Waals surface area contributed by atoms with E-state index in [-0.39, 0.29) is 18.3 Å². The summed E-state index contributed by atoms with van der Waals surface area (Å²) in [6, 6.07) is 9.41. The molecule has 1 aromatic rings. The molecule has 18 heavy (non-hydrogen) atoms. The lowest BCUT2D eigenvalue weighted by Gasteiger charge is -2.20. The zero-order chi connectivity index (χ0) is 12.5. The molecule has 0 aromatic heterocycles. The van der Waals surface area contributed by atoms with Crippen LogP contribution in [0.15, 0.2) is 30.3 Å². The van der Waals surface area contributed by atoms with Gasteiger partial charge in [-0.3, -0.25) is 4.90 Å². The SMILES string of the molecule is O=CC1CN1C(OB(O)c1ccccc1)C1CN1. The predicted molar refractivity (Wildman–Crippen MR) is 67.3 cm³/mol. The van der Waals surface area contributed by atoms with Gasteiger partial charge in [0.15, 0.2) is 0 Å². The molecule has 0 spiro atoms. The van der Waals surface area contributed by atoms with Crippen molar-refractivity contribution in [2.75, 3.05) is 13.1 Å². The molecule has 2 heterocycles. The Hall–Kier alpha value is -1.21. The third-order valence-electron chi connectivity index (χ3n) is 3.31. The molecule has 4 unspecified atom stereocenters. The standard InChI is InChI=1S/C12H15BN2O3/c16-8-10-7-15(10)12(11-6-14-11)18-13(17)9-4-2-1-3-5-9/h1-5,8,10-12,14,17H,6-7H2. The minimum absolute atomic E-state index is 0.0552. The normalized spacial score (nSPS) is 30.6. The average Bonchev–Trinajstić information content (AvgIpc) is 3.29. The van der Waals surface area contributed by atoms with Crippen molar-refractivity contribution in [2.45, 2.75) is 18.3 Å². The van der Waals surface area contributed by atoms with Crippen LogP contribution in [0.1, 0.15) is 0 Å². The highest BCUT2D eigenvalue weighted by Crippen LogP contribution is 2.25. The summed E-state index contributed by atoms with van der Waals surface area (Å²) in [5, 5.41) is 13.2. The van der Waals surface area contributed by atoms with Crippen LogP contribution in [-0.2, 0) is 9.45 Å². The lowest BCUT2D eigenvalue weighted by atomic mass is 9.79. The Labute approximate surface area is 106 Å². The number of carbonyl (C=O) groups is 1. The highest BCUT2D eigenvalue weighted by molar-refractivity contribution is 6.60. The maximum atomic E-state index is 10.7. The first-order chi connectivity index (χ1) is 8.79. The van der Waals surface area contributed by atoms with Crippen molar-refractivity contribution in [3.8, 4) is 0 Å². The van der Waals surface area contributed by atoms with Crippen LogP contribution in [0, 0.1) is 0 Å². The predicted octanol–water partition coefficient (Wildman–Crippen LogP) is -1.43. The molecule has 94 valence electrons. The van der Waals surface area contributed by atoms with Gasteiger partial charge in [-0.25, -0.2) is 0 Å². The van der Waals surface area contributed by atoms with E-state index in [9.17, 15) is 9.82 Å². The zero-order valence-electron chi connectivity index (χ0n) is 9.90. The summed E-state index contributed by atoms with van der Waals surface area (Å²) < 4.78 is 5.68. The van der Waals surface area contributed by atoms with E-state index >= 15 is 0 Å². The van der Waals surface area contributed by atoms with E-state index in [4.69, 9.17) is 4.65 Å². The van der Waals surface area contributed by atoms with Crippen molar-refractivity contribution >= 4 is 18.9 Å². The highest BCUT2D eigenvalue weighted by Gasteiger charge is 2.48. The van der Waals surface area contributed by atoms with E-state index in [0.29, 0.717) is 6.54 Å². The number of hydrogen-bond donors (Lipinski definition) is 2. The molecule has 6 heteroatoms. The average molecular weight is 246 g/mol. The van der Waals surface area contributed by atoms with E-state index < -0.39 is 7.12 Å². The van der Waals surface area contributed by atoms with Crippen LogP contribution in [0.5, 0.6) is 0 Å². The van der Waals surface area contributed by atoms with E-state index in [0.717, 1.165) is 18.3 Å². The number of nitrogens with zero attached hydrogens (tertiary/aromatic N) is 1. The summed E-state index contributed by atoms with van der Waals surface area (Å²) in [5.74, 6) is 0. The molecular weight excluding hydrogens is 231 g/mol. The van der Waals surface area contributed by atoms with Crippen LogP contribution in [0.2, 0.25) is 0 Å². The minimum atomic E-state index is -0.952. The highest BCUT2D eigenvalue weighted by atomic mass is 16.5. The molecule has 5 nitrogen and oxygen atoms in total. The number of nitrogens with one attached hydrogen (secondary N) is 1. The molecule has 2 aliphatic heterocycles. The van der Waals surface area contributed by atoms with E-state index in [1.165, 1.54) is 0 Å². The zero-order valence-corrected chi connectivity index (χ0v) is 9.90. The fourth-order valence-electron chi connectivity index (χ4n) is 2.08. The largest absolute Gasteiger partial charge is 0.492 e. The molecule has 2 aliphatic rings. The number of rotatable bonds is 6. The number of benzene rings is 1. The van der Waals surface area contributed by atoms with Crippen LogP contribution in [0.3, 0.4) is 0 Å². The lowest BCUT2D eigenvalue weighted by molar-refractivity contribution is -0.108. The Balaban J connectivity index is 1.64. The molecule has 2 N–H and O–H groups in total. The van der Waals surface area contributed by atoms with Crippen LogP contribution >= 0.6 is 0 Å². The second-order valence-electron chi connectivity index (χ2n) is 4.70. The molecular formula is C12H15BN2O3. The minimum Gasteiger partial charge on any atom is -0.423 e. The Kier molecular flexibility index (Phi) is 3.17. The number of aldehydes is 1. The summed E-state index contributed by atoms with van der Waals surface area (Å²) in [6.07, 6.45) is 0.698. The van der Waals surface area contributed by atoms with Crippen LogP contribution in [0.25, 0.3) is 0 Å². The van der Waals surface area contributed by atoms with Gasteiger partial charge in [-0.2, -0.15) is 0 Å². The van der Waals surface area contributed by atoms with Crippen molar-refractivity contribution < 1.29 is 14.5 Å². The van der Waals surface area contributed by atoms with Gasteiger partial charge in [0.25, 0.3) is 0 Å². The van der Waals surface area contributed by atoms with Crippen molar-refractivity contribution in [3.63, 3.8) is 0 Å². The Morgan fingerprint density at radius 2 is 2.22 bits per heavy atom. The number of carbonyl (C=O) groups excluding carboxylic acids is 1. The summed E-state index contributed by atoms with van der Waals surface area (Å²) in [6.45, 7) is 1.59. The van der Waals surface area contributed by atoms with Gasteiger partial charge in [0, 0.05) is 13.1 Å². The third kappa shape index (κ3) is 2.47.